The molecule has 2 aromatic rings. The number of thioether (sulfide) groups is 1. The first-order chi connectivity index (χ1) is 17.2. The van der Waals surface area contributed by atoms with Gasteiger partial charge in [-0.1, -0.05) is 47.1 Å². The summed E-state index contributed by atoms with van der Waals surface area (Å²) < 4.78 is 10.3. The monoisotopic (exact) mass is 527 g/mol. The van der Waals surface area contributed by atoms with Gasteiger partial charge < -0.3 is 20.1 Å². The largest absolute Gasteiger partial charge is 0.492 e. The van der Waals surface area contributed by atoms with Gasteiger partial charge in [0.1, 0.15) is 11.7 Å². The molecule has 0 unspecified atom stereocenters. The molecule has 0 fully saturated rings. The Labute approximate surface area is 219 Å². The summed E-state index contributed by atoms with van der Waals surface area (Å²) in [5.74, 6) is -3.59. The Balaban J connectivity index is 1.92. The van der Waals surface area contributed by atoms with E-state index >= 15 is 0 Å². The molecule has 0 saturated carbocycles. The summed E-state index contributed by atoms with van der Waals surface area (Å²) in [4.78, 5) is 38.2. The molecule has 0 aromatic heterocycles. The molecule has 188 valence electrons. The molecule has 0 bridgehead atoms. The van der Waals surface area contributed by atoms with Gasteiger partial charge in [-0.2, -0.15) is 5.26 Å². The van der Waals surface area contributed by atoms with E-state index in [2.05, 4.69) is 16.7 Å². The van der Waals surface area contributed by atoms with Gasteiger partial charge in [-0.15, -0.1) is 0 Å². The van der Waals surface area contributed by atoms with Gasteiger partial charge in [-0.3, -0.25) is 14.4 Å². The van der Waals surface area contributed by atoms with Crippen LogP contribution >= 0.6 is 23.4 Å². The molecule has 0 spiro atoms. The molecule has 2 N–H and O–H groups in total. The maximum atomic E-state index is 13.0. The molecular formula is C26H26ClN3O5S. The average molecular weight is 528 g/mol. The lowest BCUT2D eigenvalue weighted by molar-refractivity contribution is -0.150. The number of anilines is 1. The van der Waals surface area contributed by atoms with Gasteiger partial charge in [-0.25, -0.2) is 0 Å². The van der Waals surface area contributed by atoms with Crippen LogP contribution in [-0.2, 0) is 19.1 Å². The van der Waals surface area contributed by atoms with Crippen molar-refractivity contribution in [3.63, 3.8) is 0 Å². The summed E-state index contributed by atoms with van der Waals surface area (Å²) in [7, 11) is 1.18. The third-order valence-corrected chi connectivity index (χ3v) is 6.91. The van der Waals surface area contributed by atoms with Gasteiger partial charge in [0.2, 0.25) is 11.8 Å². The number of amides is 2. The SMILES string of the molecule is CCOc1ccc([C@H]2C(C#N)=C(SCC(=O)Nc3ccc(C)cc3C)NC(=O)[C@H]2C(=O)OC)cc1Cl. The molecule has 2 amide bonds. The molecule has 2 atom stereocenters. The molecule has 8 nitrogen and oxygen atoms in total. The van der Waals surface area contributed by atoms with Crippen molar-refractivity contribution in [1.82, 2.24) is 5.32 Å². The van der Waals surface area contributed by atoms with Gasteiger partial charge in [0.05, 0.1) is 41.2 Å². The highest BCUT2D eigenvalue weighted by molar-refractivity contribution is 8.03. The van der Waals surface area contributed by atoms with Crippen LogP contribution in [0.1, 0.15) is 29.5 Å². The fraction of sp³-hybridized carbons (Fsp3) is 0.308. The molecule has 3 rings (SSSR count). The standard InChI is InChI=1S/C26H26ClN3O5S/c1-5-35-20-9-7-16(11-18(20)27)22-17(12-28)25(30-24(32)23(22)26(33)34-4)36-13-21(31)29-19-8-6-14(2)10-15(19)3/h6-11,22-23H,5,13H2,1-4H3,(H,29,31)(H,30,32)/t22-,23-/m0/s1. The second-order valence-corrected chi connectivity index (χ2v) is 9.49. The lowest BCUT2D eigenvalue weighted by atomic mass is 9.78. The van der Waals surface area contributed by atoms with Crippen LogP contribution in [0.3, 0.4) is 0 Å². The summed E-state index contributed by atoms with van der Waals surface area (Å²) in [6.45, 7) is 6.09. The highest BCUT2D eigenvalue weighted by Gasteiger charge is 2.44. The molecule has 36 heavy (non-hydrogen) atoms. The molecule has 1 heterocycles. The number of rotatable bonds is 8. The number of benzene rings is 2. The van der Waals surface area contributed by atoms with Crippen LogP contribution in [0.2, 0.25) is 5.02 Å². The highest BCUT2D eigenvalue weighted by atomic mass is 35.5. The van der Waals surface area contributed by atoms with Crippen molar-refractivity contribution in [3.05, 3.63) is 68.7 Å². The van der Waals surface area contributed by atoms with E-state index in [0.29, 0.717) is 23.6 Å². The zero-order valence-corrected chi connectivity index (χ0v) is 21.9. The van der Waals surface area contributed by atoms with E-state index in [0.717, 1.165) is 22.9 Å². The Morgan fingerprint density at radius 2 is 1.97 bits per heavy atom. The number of methoxy groups -OCH3 is 1. The third kappa shape index (κ3) is 6.01. The topological polar surface area (TPSA) is 118 Å². The number of hydrogen-bond donors (Lipinski definition) is 2. The number of nitrogens with one attached hydrogen (secondary N) is 2. The molecular weight excluding hydrogens is 502 g/mol. The number of hydrogen-bond acceptors (Lipinski definition) is 7. The predicted octanol–water partition coefficient (Wildman–Crippen LogP) is 4.47. The zero-order chi connectivity index (χ0) is 26.4. The summed E-state index contributed by atoms with van der Waals surface area (Å²) in [6, 6.07) is 12.6. The second kappa shape index (κ2) is 12.0. The number of carbonyl (C=O) groups excluding carboxylic acids is 3. The van der Waals surface area contributed by atoms with Crippen LogP contribution in [0, 0.1) is 31.1 Å². The normalized spacial score (nSPS) is 17.2. The van der Waals surface area contributed by atoms with Crippen molar-refractivity contribution >= 4 is 46.8 Å². The Hall–Kier alpha value is -3.48. The molecule has 1 aliphatic heterocycles. The molecule has 1 aliphatic rings. The number of nitrogens with zero attached hydrogens (tertiary/aromatic N) is 1. The average Bonchev–Trinajstić information content (AvgIpc) is 2.84. The van der Waals surface area contributed by atoms with Gasteiger partial charge in [0.15, 0.2) is 0 Å². The van der Waals surface area contributed by atoms with Gasteiger partial charge in [0.25, 0.3) is 0 Å². The third-order valence-electron chi connectivity index (χ3n) is 5.60. The predicted molar refractivity (Wildman–Crippen MR) is 139 cm³/mol. The van der Waals surface area contributed by atoms with Crippen molar-refractivity contribution in [3.8, 4) is 11.8 Å². The first kappa shape index (κ1) is 27.1. The minimum Gasteiger partial charge on any atom is -0.492 e. The van der Waals surface area contributed by atoms with E-state index < -0.39 is 23.7 Å². The second-order valence-electron chi connectivity index (χ2n) is 8.10. The number of nitriles is 1. The van der Waals surface area contributed by atoms with Gasteiger partial charge in [0, 0.05) is 11.6 Å². The summed E-state index contributed by atoms with van der Waals surface area (Å²) >= 11 is 7.36. The Morgan fingerprint density at radius 1 is 1.22 bits per heavy atom. The Kier molecular flexibility index (Phi) is 9.02. The number of esters is 1. The number of ether oxygens (including phenoxy) is 2. The van der Waals surface area contributed by atoms with Crippen LogP contribution in [-0.4, -0.2) is 37.3 Å². The van der Waals surface area contributed by atoms with Gasteiger partial charge in [-0.05, 0) is 50.1 Å². The van der Waals surface area contributed by atoms with E-state index in [1.165, 1.54) is 7.11 Å². The molecule has 2 aromatic carbocycles. The van der Waals surface area contributed by atoms with E-state index in [9.17, 15) is 19.6 Å². The highest BCUT2D eigenvalue weighted by Crippen LogP contribution is 2.42. The summed E-state index contributed by atoms with van der Waals surface area (Å²) in [5.41, 5.74) is 3.29. The molecule has 0 radical (unpaired) electrons. The zero-order valence-electron chi connectivity index (χ0n) is 20.3. The number of carbonyl (C=O) groups is 3. The minimum absolute atomic E-state index is 0.0618. The lowest BCUT2D eigenvalue weighted by Gasteiger charge is -2.31. The van der Waals surface area contributed by atoms with Crippen molar-refractivity contribution in [2.75, 3.05) is 24.8 Å². The first-order valence-electron chi connectivity index (χ1n) is 11.1. The van der Waals surface area contributed by atoms with Crippen molar-refractivity contribution in [2.24, 2.45) is 5.92 Å². The van der Waals surface area contributed by atoms with E-state index in [1.54, 1.807) is 18.2 Å². The molecule has 10 heteroatoms. The quantitative estimate of drug-likeness (QED) is 0.384. The number of halogens is 1. The van der Waals surface area contributed by atoms with Crippen molar-refractivity contribution in [2.45, 2.75) is 26.7 Å². The Bertz CT molecular complexity index is 1270. The first-order valence-corrected chi connectivity index (χ1v) is 12.5. The minimum atomic E-state index is -1.30. The van der Waals surface area contributed by atoms with E-state index in [4.69, 9.17) is 21.1 Å². The molecule has 0 aliphatic carbocycles. The van der Waals surface area contributed by atoms with Crippen LogP contribution in [0.4, 0.5) is 5.69 Å². The summed E-state index contributed by atoms with van der Waals surface area (Å²) in [5, 5.41) is 16.0. The smallest absolute Gasteiger partial charge is 0.319 e. The lowest BCUT2D eigenvalue weighted by Crippen LogP contribution is -2.44. The van der Waals surface area contributed by atoms with Gasteiger partial charge >= 0.3 is 5.97 Å². The molecule has 0 saturated heterocycles. The van der Waals surface area contributed by atoms with E-state index in [-0.39, 0.29) is 27.3 Å². The van der Waals surface area contributed by atoms with Crippen LogP contribution < -0.4 is 15.4 Å². The van der Waals surface area contributed by atoms with Crippen LogP contribution in [0.5, 0.6) is 5.75 Å². The maximum Gasteiger partial charge on any atom is 0.319 e. The summed E-state index contributed by atoms with van der Waals surface area (Å²) in [6.07, 6.45) is 0. The Morgan fingerprint density at radius 3 is 2.58 bits per heavy atom. The number of allylic oxidation sites excluding steroid dienone is 1. The fourth-order valence-corrected chi connectivity index (χ4v) is 5.03. The van der Waals surface area contributed by atoms with Crippen molar-refractivity contribution < 1.29 is 23.9 Å². The van der Waals surface area contributed by atoms with E-state index in [1.807, 2.05) is 39.0 Å². The fourth-order valence-electron chi connectivity index (χ4n) is 3.94. The van der Waals surface area contributed by atoms with Crippen LogP contribution in [0.25, 0.3) is 0 Å². The van der Waals surface area contributed by atoms with Crippen LogP contribution in [0.15, 0.2) is 47.0 Å². The maximum absolute atomic E-state index is 13.0. The number of aryl methyl sites for hydroxylation is 2. The van der Waals surface area contributed by atoms with Crippen molar-refractivity contribution in [1.29, 1.82) is 5.26 Å².